The number of hydrogen-bond acceptors (Lipinski definition) is 4. The summed E-state index contributed by atoms with van der Waals surface area (Å²) in [4.78, 5) is 10.3. The van der Waals surface area contributed by atoms with Crippen LogP contribution < -0.4 is 5.73 Å². The Labute approximate surface area is 86.7 Å². The van der Waals surface area contributed by atoms with E-state index in [0.717, 1.165) is 12.8 Å². The van der Waals surface area contributed by atoms with Crippen LogP contribution in [0.4, 0.5) is 5.69 Å². The molecule has 1 atom stereocenters. The van der Waals surface area contributed by atoms with E-state index in [0.29, 0.717) is 11.5 Å². The molecule has 0 spiro atoms. The molecule has 1 fully saturated rings. The molecule has 0 radical (unpaired) electrons. The SMILES string of the molecule is N[C@@H](c1cc(O)ccc1[N+](=O)[O-])C1CC1. The van der Waals surface area contributed by atoms with Gasteiger partial charge in [-0.15, -0.1) is 0 Å². The molecule has 1 aromatic carbocycles. The zero-order valence-electron chi connectivity index (χ0n) is 8.09. The minimum atomic E-state index is -0.461. The van der Waals surface area contributed by atoms with E-state index in [1.165, 1.54) is 18.2 Å². The maximum Gasteiger partial charge on any atom is 0.274 e. The summed E-state index contributed by atoms with van der Waals surface area (Å²) in [7, 11) is 0. The monoisotopic (exact) mass is 208 g/mol. The summed E-state index contributed by atoms with van der Waals surface area (Å²) in [5.41, 5.74) is 6.32. The average Bonchev–Trinajstić information content (AvgIpc) is 2.99. The van der Waals surface area contributed by atoms with Crippen molar-refractivity contribution in [3.63, 3.8) is 0 Å². The number of nitro benzene ring substituents is 1. The van der Waals surface area contributed by atoms with E-state index in [2.05, 4.69) is 0 Å². The largest absolute Gasteiger partial charge is 0.508 e. The van der Waals surface area contributed by atoms with E-state index in [9.17, 15) is 15.2 Å². The molecule has 1 saturated carbocycles. The molecule has 0 amide bonds. The molecule has 0 unspecified atom stereocenters. The molecule has 0 aliphatic heterocycles. The number of benzene rings is 1. The predicted octanol–water partition coefficient (Wildman–Crippen LogP) is 1.71. The number of nitrogens with two attached hydrogens (primary N) is 1. The second kappa shape index (κ2) is 3.51. The molecule has 2 rings (SSSR count). The van der Waals surface area contributed by atoms with E-state index < -0.39 is 4.92 Å². The van der Waals surface area contributed by atoms with Crippen molar-refractivity contribution in [3.05, 3.63) is 33.9 Å². The Bertz CT molecular complexity index is 402. The zero-order valence-corrected chi connectivity index (χ0v) is 8.09. The van der Waals surface area contributed by atoms with Gasteiger partial charge in [0.15, 0.2) is 0 Å². The Kier molecular flexibility index (Phi) is 2.32. The van der Waals surface area contributed by atoms with Gasteiger partial charge in [0.2, 0.25) is 0 Å². The van der Waals surface area contributed by atoms with Gasteiger partial charge in [0.1, 0.15) is 5.75 Å². The van der Waals surface area contributed by atoms with Gasteiger partial charge < -0.3 is 10.8 Å². The molecule has 1 aromatic rings. The van der Waals surface area contributed by atoms with Crippen LogP contribution in [0.2, 0.25) is 0 Å². The van der Waals surface area contributed by atoms with Crippen LogP contribution in [0.3, 0.4) is 0 Å². The highest BCUT2D eigenvalue weighted by atomic mass is 16.6. The number of nitrogens with zero attached hydrogens (tertiary/aromatic N) is 1. The Hall–Kier alpha value is -1.62. The average molecular weight is 208 g/mol. The van der Waals surface area contributed by atoms with Crippen LogP contribution in [0.25, 0.3) is 0 Å². The van der Waals surface area contributed by atoms with Gasteiger partial charge >= 0.3 is 0 Å². The van der Waals surface area contributed by atoms with Crippen molar-refractivity contribution in [2.24, 2.45) is 11.7 Å². The number of hydrogen-bond donors (Lipinski definition) is 2. The number of aromatic hydroxyl groups is 1. The quantitative estimate of drug-likeness (QED) is 0.584. The van der Waals surface area contributed by atoms with Crippen molar-refractivity contribution in [2.45, 2.75) is 18.9 Å². The lowest BCUT2D eigenvalue weighted by Crippen LogP contribution is -2.14. The second-order valence-electron chi connectivity index (χ2n) is 3.86. The summed E-state index contributed by atoms with van der Waals surface area (Å²) >= 11 is 0. The van der Waals surface area contributed by atoms with E-state index in [-0.39, 0.29) is 17.5 Å². The fourth-order valence-electron chi connectivity index (χ4n) is 1.68. The van der Waals surface area contributed by atoms with E-state index in [4.69, 9.17) is 5.73 Å². The molecule has 0 bridgehead atoms. The smallest absolute Gasteiger partial charge is 0.274 e. The van der Waals surface area contributed by atoms with Crippen molar-refractivity contribution in [1.29, 1.82) is 0 Å². The van der Waals surface area contributed by atoms with Gasteiger partial charge in [-0.2, -0.15) is 0 Å². The van der Waals surface area contributed by atoms with Crippen LogP contribution in [0.5, 0.6) is 5.75 Å². The lowest BCUT2D eigenvalue weighted by Gasteiger charge is -2.11. The summed E-state index contributed by atoms with van der Waals surface area (Å²) < 4.78 is 0. The molecule has 80 valence electrons. The molecule has 15 heavy (non-hydrogen) atoms. The van der Waals surface area contributed by atoms with Gasteiger partial charge in [0.25, 0.3) is 5.69 Å². The van der Waals surface area contributed by atoms with E-state index in [1.807, 2.05) is 0 Å². The molecule has 5 heteroatoms. The maximum atomic E-state index is 10.7. The Morgan fingerprint density at radius 1 is 1.53 bits per heavy atom. The van der Waals surface area contributed by atoms with E-state index >= 15 is 0 Å². The molecule has 0 heterocycles. The van der Waals surface area contributed by atoms with E-state index in [1.54, 1.807) is 0 Å². The lowest BCUT2D eigenvalue weighted by atomic mass is 10.0. The first-order chi connectivity index (χ1) is 7.09. The normalized spacial score (nSPS) is 17.4. The van der Waals surface area contributed by atoms with Crippen LogP contribution in [0.1, 0.15) is 24.4 Å². The summed E-state index contributed by atoms with van der Waals surface area (Å²) in [6.45, 7) is 0. The standard InChI is InChI=1S/C10H12N2O3/c11-10(6-1-2-6)8-5-7(13)3-4-9(8)12(14)15/h3-6,10,13H,1-2,11H2/t10-/m1/s1. The zero-order chi connectivity index (χ0) is 11.0. The third-order valence-electron chi connectivity index (χ3n) is 2.70. The van der Waals surface area contributed by atoms with Crippen LogP contribution >= 0.6 is 0 Å². The number of phenols is 1. The van der Waals surface area contributed by atoms with Gasteiger partial charge in [0.05, 0.1) is 10.5 Å². The Morgan fingerprint density at radius 2 is 2.20 bits per heavy atom. The van der Waals surface area contributed by atoms with Crippen molar-refractivity contribution >= 4 is 5.69 Å². The highest BCUT2D eigenvalue weighted by Gasteiger charge is 2.33. The highest BCUT2D eigenvalue weighted by molar-refractivity contribution is 5.47. The van der Waals surface area contributed by atoms with Crippen LogP contribution in [-0.4, -0.2) is 10.0 Å². The fraction of sp³-hybridized carbons (Fsp3) is 0.400. The summed E-state index contributed by atoms with van der Waals surface area (Å²) in [5.74, 6) is 0.345. The third-order valence-corrected chi connectivity index (χ3v) is 2.70. The summed E-state index contributed by atoms with van der Waals surface area (Å²) in [5, 5.41) is 20.0. The molecular formula is C10H12N2O3. The lowest BCUT2D eigenvalue weighted by molar-refractivity contribution is -0.385. The number of nitro groups is 1. The maximum absolute atomic E-state index is 10.7. The van der Waals surface area contributed by atoms with Gasteiger partial charge in [-0.3, -0.25) is 10.1 Å². The second-order valence-corrected chi connectivity index (χ2v) is 3.86. The first kappa shape index (κ1) is 9.92. The minimum absolute atomic E-state index is 0.00722. The Morgan fingerprint density at radius 3 is 2.73 bits per heavy atom. The molecule has 0 saturated heterocycles. The van der Waals surface area contributed by atoms with Gasteiger partial charge in [-0.25, -0.2) is 0 Å². The molecule has 1 aliphatic rings. The topological polar surface area (TPSA) is 89.4 Å². The first-order valence-electron chi connectivity index (χ1n) is 4.82. The molecular weight excluding hydrogens is 196 g/mol. The van der Waals surface area contributed by atoms with Gasteiger partial charge in [-0.1, -0.05) is 0 Å². The fourth-order valence-corrected chi connectivity index (χ4v) is 1.68. The third kappa shape index (κ3) is 1.92. The van der Waals surface area contributed by atoms with Gasteiger partial charge in [0, 0.05) is 12.1 Å². The Balaban J connectivity index is 2.41. The first-order valence-corrected chi connectivity index (χ1v) is 4.82. The van der Waals surface area contributed by atoms with Crippen molar-refractivity contribution in [2.75, 3.05) is 0 Å². The predicted molar refractivity (Wildman–Crippen MR) is 54.4 cm³/mol. The number of phenolic OH excluding ortho intramolecular Hbond substituents is 1. The minimum Gasteiger partial charge on any atom is -0.508 e. The van der Waals surface area contributed by atoms with Gasteiger partial charge in [-0.05, 0) is 30.9 Å². The summed E-state index contributed by atoms with van der Waals surface area (Å²) in [6.07, 6.45) is 2.02. The van der Waals surface area contributed by atoms with Crippen LogP contribution in [0.15, 0.2) is 18.2 Å². The summed E-state index contributed by atoms with van der Waals surface area (Å²) in [6, 6.07) is 3.66. The molecule has 0 aromatic heterocycles. The van der Waals surface area contributed by atoms with Crippen molar-refractivity contribution in [3.8, 4) is 5.75 Å². The molecule has 1 aliphatic carbocycles. The highest BCUT2D eigenvalue weighted by Crippen LogP contribution is 2.42. The van der Waals surface area contributed by atoms with Crippen LogP contribution in [-0.2, 0) is 0 Å². The van der Waals surface area contributed by atoms with Crippen LogP contribution in [0, 0.1) is 16.0 Å². The molecule has 5 nitrogen and oxygen atoms in total. The molecule has 3 N–H and O–H groups in total. The number of rotatable bonds is 3. The van der Waals surface area contributed by atoms with Crippen molar-refractivity contribution < 1.29 is 10.0 Å². The van der Waals surface area contributed by atoms with Crippen molar-refractivity contribution in [1.82, 2.24) is 0 Å².